The summed E-state index contributed by atoms with van der Waals surface area (Å²) in [7, 11) is 1.84. The molecule has 0 radical (unpaired) electrons. The van der Waals surface area contributed by atoms with Crippen LogP contribution in [0.2, 0.25) is 0 Å². The smallest absolute Gasteiger partial charge is 0.111 e. The molecule has 0 bridgehead atoms. The Morgan fingerprint density at radius 1 is 1.56 bits per heavy atom. The third kappa shape index (κ3) is 1.31. The molecule has 0 amide bonds. The van der Waals surface area contributed by atoms with Gasteiger partial charge < -0.3 is 5.73 Å². The zero-order chi connectivity index (χ0) is 6.69. The van der Waals surface area contributed by atoms with Crippen LogP contribution in [-0.4, -0.2) is 18.2 Å². The third-order valence-electron chi connectivity index (χ3n) is 1.25. The van der Waals surface area contributed by atoms with E-state index in [-0.39, 0.29) is 6.17 Å². The van der Waals surface area contributed by atoms with Crippen LogP contribution >= 0.6 is 0 Å². The van der Waals surface area contributed by atoms with E-state index in [1.165, 1.54) is 0 Å². The molecule has 0 saturated carbocycles. The molecule has 0 aromatic carbocycles. The Balaban J connectivity index is 2.55. The lowest BCUT2D eigenvalue weighted by molar-refractivity contribution is 0.251. The first-order valence-corrected chi connectivity index (χ1v) is 2.91. The van der Waals surface area contributed by atoms with E-state index in [1.54, 1.807) is 0 Å². The highest BCUT2D eigenvalue weighted by atomic mass is 15.5. The zero-order valence-electron chi connectivity index (χ0n) is 5.41. The summed E-state index contributed by atoms with van der Waals surface area (Å²) < 4.78 is 0. The maximum atomic E-state index is 5.61. The van der Waals surface area contributed by atoms with E-state index < -0.39 is 0 Å². The Morgan fingerprint density at radius 2 is 2.33 bits per heavy atom. The van der Waals surface area contributed by atoms with E-state index in [2.05, 4.69) is 5.43 Å². The molecule has 50 valence electrons. The van der Waals surface area contributed by atoms with Gasteiger partial charge in [-0.05, 0) is 12.2 Å². The fraction of sp³-hybridized carbons (Fsp3) is 0.333. The van der Waals surface area contributed by atoms with Crippen molar-refractivity contribution >= 4 is 0 Å². The molecule has 1 unspecified atom stereocenters. The standard InChI is InChI=1S/C6H11N3/c1-8-9-5-3-2-4-6(9)7/h2-6,8H,7H2,1H3. The molecule has 1 atom stereocenters. The van der Waals surface area contributed by atoms with Crippen molar-refractivity contribution in [3.8, 4) is 0 Å². The summed E-state index contributed by atoms with van der Waals surface area (Å²) in [6.07, 6.45) is 7.64. The average Bonchev–Trinajstić information content (AvgIpc) is 1.89. The molecule has 0 aromatic rings. The number of allylic oxidation sites excluding steroid dienone is 2. The number of hydrogen-bond donors (Lipinski definition) is 2. The van der Waals surface area contributed by atoms with E-state index >= 15 is 0 Å². The second-order valence-electron chi connectivity index (χ2n) is 1.85. The van der Waals surface area contributed by atoms with Gasteiger partial charge in [0.25, 0.3) is 0 Å². The minimum absolute atomic E-state index is 0.0278. The minimum atomic E-state index is -0.0278. The van der Waals surface area contributed by atoms with Gasteiger partial charge in [-0.1, -0.05) is 6.08 Å². The first kappa shape index (κ1) is 6.32. The van der Waals surface area contributed by atoms with Gasteiger partial charge >= 0.3 is 0 Å². The SMILES string of the molecule is CNN1C=CC=CC1N. The summed E-state index contributed by atoms with van der Waals surface area (Å²) in [6.45, 7) is 0. The Morgan fingerprint density at radius 3 is 2.78 bits per heavy atom. The number of rotatable bonds is 1. The van der Waals surface area contributed by atoms with Crippen LogP contribution in [-0.2, 0) is 0 Å². The third-order valence-corrected chi connectivity index (χ3v) is 1.25. The molecule has 1 aliphatic heterocycles. The second kappa shape index (κ2) is 2.66. The van der Waals surface area contributed by atoms with Crippen molar-refractivity contribution in [2.45, 2.75) is 6.17 Å². The maximum Gasteiger partial charge on any atom is 0.111 e. The van der Waals surface area contributed by atoms with Crippen LogP contribution in [0.25, 0.3) is 0 Å². The average molecular weight is 125 g/mol. The molecule has 1 heterocycles. The van der Waals surface area contributed by atoms with E-state index in [4.69, 9.17) is 5.73 Å². The highest BCUT2D eigenvalue weighted by Crippen LogP contribution is 1.97. The number of nitrogens with two attached hydrogens (primary N) is 1. The van der Waals surface area contributed by atoms with Gasteiger partial charge in [-0.15, -0.1) is 0 Å². The topological polar surface area (TPSA) is 41.3 Å². The molecule has 0 fully saturated rings. The lowest BCUT2D eigenvalue weighted by Crippen LogP contribution is -2.44. The van der Waals surface area contributed by atoms with Crippen LogP contribution in [0.4, 0.5) is 0 Å². The van der Waals surface area contributed by atoms with Crippen LogP contribution in [0, 0.1) is 0 Å². The Hall–Kier alpha value is -0.800. The second-order valence-corrected chi connectivity index (χ2v) is 1.85. The minimum Gasteiger partial charge on any atom is -0.307 e. The van der Waals surface area contributed by atoms with Gasteiger partial charge in [-0.2, -0.15) is 0 Å². The van der Waals surface area contributed by atoms with Gasteiger partial charge in [0.1, 0.15) is 6.17 Å². The van der Waals surface area contributed by atoms with Gasteiger partial charge in [0.2, 0.25) is 0 Å². The van der Waals surface area contributed by atoms with Crippen LogP contribution in [0.5, 0.6) is 0 Å². The normalized spacial score (nSPS) is 25.1. The molecule has 0 saturated heterocycles. The summed E-state index contributed by atoms with van der Waals surface area (Å²) >= 11 is 0. The van der Waals surface area contributed by atoms with E-state index in [0.717, 1.165) is 0 Å². The fourth-order valence-electron chi connectivity index (χ4n) is 0.736. The summed E-state index contributed by atoms with van der Waals surface area (Å²) in [4.78, 5) is 0. The van der Waals surface area contributed by atoms with Crippen LogP contribution in [0.15, 0.2) is 24.4 Å². The number of nitrogens with one attached hydrogen (secondary N) is 1. The summed E-state index contributed by atoms with van der Waals surface area (Å²) in [5.41, 5.74) is 8.54. The highest BCUT2D eigenvalue weighted by Gasteiger charge is 2.04. The fourth-order valence-corrected chi connectivity index (χ4v) is 0.736. The van der Waals surface area contributed by atoms with E-state index in [9.17, 15) is 0 Å². The van der Waals surface area contributed by atoms with Gasteiger partial charge in [0.05, 0.1) is 0 Å². The molecular weight excluding hydrogens is 114 g/mol. The van der Waals surface area contributed by atoms with Gasteiger partial charge in [-0.3, -0.25) is 5.01 Å². The number of nitrogens with zero attached hydrogens (tertiary/aromatic N) is 1. The Kier molecular flexibility index (Phi) is 1.87. The predicted molar refractivity (Wildman–Crippen MR) is 37.2 cm³/mol. The van der Waals surface area contributed by atoms with E-state index in [1.807, 2.05) is 36.5 Å². The zero-order valence-corrected chi connectivity index (χ0v) is 5.41. The van der Waals surface area contributed by atoms with Gasteiger partial charge in [-0.25, -0.2) is 5.43 Å². The van der Waals surface area contributed by atoms with Gasteiger partial charge in [0, 0.05) is 13.2 Å². The van der Waals surface area contributed by atoms with Crippen molar-refractivity contribution in [3.05, 3.63) is 24.4 Å². The summed E-state index contributed by atoms with van der Waals surface area (Å²) in [5.74, 6) is 0. The molecule has 0 aliphatic carbocycles. The molecule has 0 spiro atoms. The van der Waals surface area contributed by atoms with Crippen molar-refractivity contribution in [1.29, 1.82) is 0 Å². The molecule has 3 N–H and O–H groups in total. The van der Waals surface area contributed by atoms with Crippen LogP contribution in [0.1, 0.15) is 0 Å². The first-order chi connectivity index (χ1) is 4.34. The van der Waals surface area contributed by atoms with Crippen molar-refractivity contribution in [3.63, 3.8) is 0 Å². The molecular formula is C6H11N3. The molecule has 1 aliphatic rings. The van der Waals surface area contributed by atoms with Crippen LogP contribution in [0.3, 0.4) is 0 Å². The van der Waals surface area contributed by atoms with Crippen LogP contribution < -0.4 is 11.2 Å². The molecule has 1 rings (SSSR count). The lowest BCUT2D eigenvalue weighted by Gasteiger charge is -2.25. The largest absolute Gasteiger partial charge is 0.307 e. The van der Waals surface area contributed by atoms with Crippen molar-refractivity contribution in [2.75, 3.05) is 7.05 Å². The molecule has 9 heavy (non-hydrogen) atoms. The Labute approximate surface area is 54.8 Å². The van der Waals surface area contributed by atoms with Crippen molar-refractivity contribution in [2.24, 2.45) is 5.73 Å². The van der Waals surface area contributed by atoms with Crippen molar-refractivity contribution in [1.82, 2.24) is 10.4 Å². The predicted octanol–water partition coefficient (Wildman–Crippen LogP) is -0.209. The highest BCUT2D eigenvalue weighted by molar-refractivity contribution is 5.10. The number of hydrogen-bond acceptors (Lipinski definition) is 3. The molecule has 0 aromatic heterocycles. The van der Waals surface area contributed by atoms with E-state index in [0.29, 0.717) is 0 Å². The quantitative estimate of drug-likeness (QED) is 0.509. The first-order valence-electron chi connectivity index (χ1n) is 2.91. The molecule has 3 heteroatoms. The monoisotopic (exact) mass is 125 g/mol. The summed E-state index contributed by atoms with van der Waals surface area (Å²) in [6, 6.07) is 0. The maximum absolute atomic E-state index is 5.61. The molecule has 3 nitrogen and oxygen atoms in total. The lowest BCUT2D eigenvalue weighted by atomic mass is 10.3. The Bertz CT molecular complexity index is 139. The summed E-state index contributed by atoms with van der Waals surface area (Å²) in [5, 5.41) is 1.82. The van der Waals surface area contributed by atoms with Crippen molar-refractivity contribution < 1.29 is 0 Å². The van der Waals surface area contributed by atoms with Gasteiger partial charge in [0.15, 0.2) is 0 Å². The number of hydrazine groups is 1.